The predicted octanol–water partition coefficient (Wildman–Crippen LogP) is 3.69. The Kier molecular flexibility index (Phi) is 7.61. The van der Waals surface area contributed by atoms with E-state index in [9.17, 15) is 28.3 Å². The van der Waals surface area contributed by atoms with E-state index in [2.05, 4.69) is 15.3 Å². The first kappa shape index (κ1) is 26.2. The Labute approximate surface area is 214 Å². The number of aliphatic carboxylic acids is 1. The van der Waals surface area contributed by atoms with Crippen LogP contribution in [0.4, 0.5) is 20.4 Å². The SMILES string of the molecule is Cc1cc(Nc2nc(=O)n(C[C@H](C)C(=O)O)c(=O)n2Cc2ccc(F)cc2)ccc1Oc1ncccc1F. The van der Waals surface area contributed by atoms with Crippen LogP contribution in [0, 0.1) is 24.5 Å². The van der Waals surface area contributed by atoms with E-state index in [0.717, 1.165) is 9.13 Å². The summed E-state index contributed by atoms with van der Waals surface area (Å²) in [5.41, 5.74) is -0.133. The van der Waals surface area contributed by atoms with Crippen molar-refractivity contribution in [3.8, 4) is 11.6 Å². The number of halogens is 2. The molecule has 1 atom stereocenters. The fourth-order valence-corrected chi connectivity index (χ4v) is 3.57. The van der Waals surface area contributed by atoms with Crippen LogP contribution in [0.2, 0.25) is 0 Å². The van der Waals surface area contributed by atoms with Gasteiger partial charge in [0.1, 0.15) is 11.6 Å². The molecule has 2 aromatic heterocycles. The number of hydrogen-bond acceptors (Lipinski definition) is 7. The van der Waals surface area contributed by atoms with Crippen LogP contribution in [0.15, 0.2) is 70.4 Å². The molecule has 0 aliphatic rings. The molecular formula is C26H23F2N5O5. The van der Waals surface area contributed by atoms with E-state index in [4.69, 9.17) is 4.74 Å². The second-order valence-electron chi connectivity index (χ2n) is 8.56. The Morgan fingerprint density at radius 1 is 1.11 bits per heavy atom. The Hall–Kier alpha value is -4.87. The molecule has 0 saturated carbocycles. The molecule has 2 N–H and O–H groups in total. The van der Waals surface area contributed by atoms with Crippen LogP contribution in [-0.4, -0.2) is 30.2 Å². The van der Waals surface area contributed by atoms with Gasteiger partial charge in [-0.2, -0.15) is 4.98 Å². The summed E-state index contributed by atoms with van der Waals surface area (Å²) in [6, 6.07) is 12.9. The summed E-state index contributed by atoms with van der Waals surface area (Å²) in [5.74, 6) is -3.23. The maximum Gasteiger partial charge on any atom is 0.354 e. The van der Waals surface area contributed by atoms with Crippen molar-refractivity contribution in [1.82, 2.24) is 19.1 Å². The lowest BCUT2D eigenvalue weighted by Gasteiger charge is -2.17. The van der Waals surface area contributed by atoms with Crippen molar-refractivity contribution < 1.29 is 23.4 Å². The zero-order valence-electron chi connectivity index (χ0n) is 20.4. The lowest BCUT2D eigenvalue weighted by molar-refractivity contribution is -0.141. The number of anilines is 2. The number of carbonyl (C=O) groups is 1. The van der Waals surface area contributed by atoms with E-state index >= 15 is 0 Å². The predicted molar refractivity (Wildman–Crippen MR) is 134 cm³/mol. The average molecular weight is 523 g/mol. The van der Waals surface area contributed by atoms with Crippen molar-refractivity contribution in [3.05, 3.63) is 105 Å². The summed E-state index contributed by atoms with van der Waals surface area (Å²) in [4.78, 5) is 45.2. The molecule has 196 valence electrons. The molecule has 0 amide bonds. The van der Waals surface area contributed by atoms with Crippen LogP contribution in [0.5, 0.6) is 11.6 Å². The molecule has 0 aliphatic carbocycles. The molecule has 2 heterocycles. The number of nitrogens with zero attached hydrogens (tertiary/aromatic N) is 4. The molecule has 4 aromatic rings. The Balaban J connectivity index is 1.70. The molecule has 0 spiro atoms. The number of carboxylic acids is 1. The highest BCUT2D eigenvalue weighted by Gasteiger charge is 2.19. The summed E-state index contributed by atoms with van der Waals surface area (Å²) >= 11 is 0. The van der Waals surface area contributed by atoms with E-state index in [1.807, 2.05) is 0 Å². The van der Waals surface area contributed by atoms with Gasteiger partial charge in [-0.25, -0.2) is 27.9 Å². The number of carboxylic acid groups (broad SMARTS) is 1. The van der Waals surface area contributed by atoms with E-state index in [-0.39, 0.29) is 24.9 Å². The summed E-state index contributed by atoms with van der Waals surface area (Å²) in [5, 5.41) is 12.2. The van der Waals surface area contributed by atoms with Crippen molar-refractivity contribution in [1.29, 1.82) is 0 Å². The van der Waals surface area contributed by atoms with Crippen LogP contribution in [0.25, 0.3) is 0 Å². The Morgan fingerprint density at radius 3 is 2.50 bits per heavy atom. The van der Waals surface area contributed by atoms with E-state index in [1.165, 1.54) is 49.5 Å². The third-order valence-corrected chi connectivity index (χ3v) is 5.64. The normalized spacial score (nSPS) is 11.7. The lowest BCUT2D eigenvalue weighted by Crippen LogP contribution is -2.44. The number of aromatic nitrogens is 4. The van der Waals surface area contributed by atoms with Gasteiger partial charge in [0, 0.05) is 18.4 Å². The van der Waals surface area contributed by atoms with Crippen molar-refractivity contribution in [2.75, 3.05) is 5.32 Å². The van der Waals surface area contributed by atoms with E-state index in [0.29, 0.717) is 22.6 Å². The Morgan fingerprint density at radius 2 is 1.84 bits per heavy atom. The molecule has 10 nitrogen and oxygen atoms in total. The zero-order valence-corrected chi connectivity index (χ0v) is 20.4. The minimum atomic E-state index is -1.17. The van der Waals surface area contributed by atoms with E-state index < -0.39 is 34.9 Å². The molecule has 0 fully saturated rings. The number of pyridine rings is 1. The molecule has 38 heavy (non-hydrogen) atoms. The van der Waals surface area contributed by atoms with Crippen LogP contribution >= 0.6 is 0 Å². The van der Waals surface area contributed by atoms with Gasteiger partial charge in [-0.1, -0.05) is 19.1 Å². The molecule has 0 radical (unpaired) electrons. The third kappa shape index (κ3) is 5.91. The maximum atomic E-state index is 13.9. The fourth-order valence-electron chi connectivity index (χ4n) is 3.57. The first-order valence-corrected chi connectivity index (χ1v) is 11.5. The first-order valence-electron chi connectivity index (χ1n) is 11.5. The molecule has 0 saturated heterocycles. The van der Waals surface area contributed by atoms with Crippen LogP contribution in [-0.2, 0) is 17.9 Å². The second kappa shape index (κ2) is 11.0. The topological polar surface area (TPSA) is 128 Å². The number of rotatable bonds is 9. The number of ether oxygens (including phenoxy) is 1. The molecule has 2 aromatic carbocycles. The van der Waals surface area contributed by atoms with Gasteiger partial charge < -0.3 is 15.2 Å². The Bertz CT molecular complexity index is 1600. The summed E-state index contributed by atoms with van der Waals surface area (Å²) < 4.78 is 34.8. The molecule has 12 heteroatoms. The molecule has 0 bridgehead atoms. The van der Waals surface area contributed by atoms with Gasteiger partial charge >= 0.3 is 17.3 Å². The summed E-state index contributed by atoms with van der Waals surface area (Å²) in [7, 11) is 0. The fraction of sp³-hybridized carbons (Fsp3) is 0.192. The van der Waals surface area contributed by atoms with Gasteiger partial charge in [0.15, 0.2) is 5.82 Å². The van der Waals surface area contributed by atoms with Gasteiger partial charge in [0.05, 0.1) is 12.5 Å². The van der Waals surface area contributed by atoms with Crippen molar-refractivity contribution >= 4 is 17.6 Å². The van der Waals surface area contributed by atoms with Crippen LogP contribution in [0.1, 0.15) is 18.1 Å². The number of nitrogens with one attached hydrogen (secondary N) is 1. The summed E-state index contributed by atoms with van der Waals surface area (Å²) in [6.45, 7) is 2.63. The molecular weight excluding hydrogens is 500 g/mol. The quantitative estimate of drug-likeness (QED) is 0.340. The molecule has 0 aliphatic heterocycles. The van der Waals surface area contributed by atoms with Gasteiger partial charge in [0.25, 0.3) is 5.88 Å². The van der Waals surface area contributed by atoms with E-state index in [1.54, 1.807) is 25.1 Å². The second-order valence-corrected chi connectivity index (χ2v) is 8.56. The largest absolute Gasteiger partial charge is 0.481 e. The monoisotopic (exact) mass is 523 g/mol. The van der Waals surface area contributed by atoms with Gasteiger partial charge in [-0.15, -0.1) is 0 Å². The number of aryl methyl sites for hydroxylation is 1. The minimum absolute atomic E-state index is 0.0741. The van der Waals surface area contributed by atoms with Crippen LogP contribution in [0.3, 0.4) is 0 Å². The number of benzene rings is 2. The smallest absolute Gasteiger partial charge is 0.354 e. The van der Waals surface area contributed by atoms with Gasteiger partial charge in [-0.05, 0) is 60.5 Å². The minimum Gasteiger partial charge on any atom is -0.481 e. The third-order valence-electron chi connectivity index (χ3n) is 5.64. The van der Waals surface area contributed by atoms with Gasteiger partial charge in [-0.3, -0.25) is 9.36 Å². The molecule has 0 unspecified atom stereocenters. The maximum absolute atomic E-state index is 13.9. The highest BCUT2D eigenvalue weighted by Crippen LogP contribution is 2.28. The van der Waals surface area contributed by atoms with Crippen molar-refractivity contribution in [2.45, 2.75) is 26.9 Å². The molecule has 4 rings (SSSR count). The number of hydrogen-bond donors (Lipinski definition) is 2. The highest BCUT2D eigenvalue weighted by atomic mass is 19.1. The standard InChI is InChI=1S/C26H23F2N5O5/c1-15-12-19(9-10-21(15)38-22-20(28)4-3-11-29-22)30-24-31-25(36)33(13-16(2)23(34)35)26(37)32(24)14-17-5-7-18(27)8-6-17/h3-12,16H,13-14H2,1-2H3,(H,34,35)(H,30,31,36)/t16-/m0/s1. The van der Waals surface area contributed by atoms with Crippen molar-refractivity contribution in [2.24, 2.45) is 5.92 Å². The van der Waals surface area contributed by atoms with Crippen LogP contribution < -0.4 is 21.4 Å². The zero-order chi connectivity index (χ0) is 27.4. The highest BCUT2D eigenvalue weighted by molar-refractivity contribution is 5.69. The van der Waals surface area contributed by atoms with Gasteiger partial charge in [0.2, 0.25) is 5.95 Å². The first-order chi connectivity index (χ1) is 18.1. The lowest BCUT2D eigenvalue weighted by atomic mass is 10.2. The average Bonchev–Trinajstić information content (AvgIpc) is 2.88. The summed E-state index contributed by atoms with van der Waals surface area (Å²) in [6.07, 6.45) is 1.40. The van der Waals surface area contributed by atoms with Crippen molar-refractivity contribution in [3.63, 3.8) is 0 Å².